The van der Waals surface area contributed by atoms with E-state index in [1.54, 1.807) is 37.3 Å². The summed E-state index contributed by atoms with van der Waals surface area (Å²) < 4.78 is 0. The Balaban J connectivity index is 2.69. The third kappa shape index (κ3) is 1.91. The van der Waals surface area contributed by atoms with Crippen LogP contribution in [0.1, 0.15) is 21.6 Å². The average Bonchev–Trinajstić information content (AvgIpc) is 2.71. The number of rotatable bonds is 2. The molecule has 0 saturated carbocycles. The Morgan fingerprint density at radius 2 is 2.12 bits per heavy atom. The van der Waals surface area contributed by atoms with Gasteiger partial charge in [-0.3, -0.25) is 0 Å². The molecule has 84 valence electrons. The van der Waals surface area contributed by atoms with Gasteiger partial charge >= 0.3 is 5.97 Å². The molecule has 2 rings (SSSR count). The lowest BCUT2D eigenvalue weighted by atomic mass is 10.0. The quantitative estimate of drug-likeness (QED) is 0.826. The molecule has 1 aromatic carbocycles. The van der Waals surface area contributed by atoms with Gasteiger partial charge in [0.1, 0.15) is 0 Å². The molecule has 0 fully saturated rings. The van der Waals surface area contributed by atoms with Crippen molar-refractivity contribution >= 4 is 5.97 Å². The molecule has 1 heterocycles. The molecule has 1 aromatic heterocycles. The Hall–Kier alpha value is -2.54. The number of hydrogen-bond acceptors (Lipinski definition) is 2. The molecule has 0 unspecified atom stereocenters. The summed E-state index contributed by atoms with van der Waals surface area (Å²) >= 11 is 0. The van der Waals surface area contributed by atoms with E-state index >= 15 is 0 Å². The van der Waals surface area contributed by atoms with Gasteiger partial charge in [0, 0.05) is 11.3 Å². The Bertz CT molecular complexity index is 621. The summed E-state index contributed by atoms with van der Waals surface area (Å²) in [4.78, 5) is 14.1. The maximum Gasteiger partial charge on any atom is 0.337 e. The first-order valence-corrected chi connectivity index (χ1v) is 5.06. The van der Waals surface area contributed by atoms with E-state index in [4.69, 9.17) is 10.4 Å². The van der Waals surface area contributed by atoms with Crippen LogP contribution in [0.3, 0.4) is 0 Å². The molecule has 0 bridgehead atoms. The van der Waals surface area contributed by atoms with Crippen molar-refractivity contribution in [2.45, 2.75) is 6.92 Å². The number of aromatic amines is 1. The fourth-order valence-corrected chi connectivity index (χ4v) is 1.77. The van der Waals surface area contributed by atoms with Crippen molar-refractivity contribution in [3.63, 3.8) is 0 Å². The molecule has 2 aromatic rings. The third-order valence-corrected chi connectivity index (χ3v) is 2.50. The van der Waals surface area contributed by atoms with Crippen molar-refractivity contribution in [3.8, 4) is 17.3 Å². The van der Waals surface area contributed by atoms with E-state index in [0.29, 0.717) is 16.8 Å². The number of nitriles is 1. The molecule has 4 heteroatoms. The van der Waals surface area contributed by atoms with Gasteiger partial charge in [-0.05, 0) is 19.1 Å². The SMILES string of the molecule is Cc1cc(C(=O)O)c(-c2ccccc2C#N)[nH]1. The molecule has 17 heavy (non-hydrogen) atoms. The molecule has 0 radical (unpaired) electrons. The number of nitrogens with zero attached hydrogens (tertiary/aromatic N) is 1. The Kier molecular flexibility index (Phi) is 2.67. The van der Waals surface area contributed by atoms with Gasteiger partial charge in [0.25, 0.3) is 0 Å². The van der Waals surface area contributed by atoms with Crippen LogP contribution in [-0.4, -0.2) is 16.1 Å². The molecular formula is C13H10N2O2. The van der Waals surface area contributed by atoms with Crippen molar-refractivity contribution in [2.75, 3.05) is 0 Å². The van der Waals surface area contributed by atoms with E-state index in [-0.39, 0.29) is 5.56 Å². The molecule has 2 N–H and O–H groups in total. The van der Waals surface area contributed by atoms with E-state index < -0.39 is 5.97 Å². The van der Waals surface area contributed by atoms with Gasteiger partial charge in [0.15, 0.2) is 0 Å². The van der Waals surface area contributed by atoms with Crippen LogP contribution in [0.15, 0.2) is 30.3 Å². The van der Waals surface area contributed by atoms with Crippen LogP contribution in [0.25, 0.3) is 11.3 Å². The first-order valence-electron chi connectivity index (χ1n) is 5.06. The zero-order valence-corrected chi connectivity index (χ0v) is 9.19. The predicted octanol–water partition coefficient (Wildman–Crippen LogP) is 2.56. The minimum atomic E-state index is -1.00. The average molecular weight is 226 g/mol. The van der Waals surface area contributed by atoms with Gasteiger partial charge < -0.3 is 10.1 Å². The highest BCUT2D eigenvalue weighted by Crippen LogP contribution is 2.26. The third-order valence-electron chi connectivity index (χ3n) is 2.50. The van der Waals surface area contributed by atoms with E-state index in [1.165, 1.54) is 0 Å². The minimum absolute atomic E-state index is 0.185. The van der Waals surface area contributed by atoms with Crippen LogP contribution in [0, 0.1) is 18.3 Å². The largest absolute Gasteiger partial charge is 0.478 e. The zero-order chi connectivity index (χ0) is 12.4. The second kappa shape index (κ2) is 4.14. The van der Waals surface area contributed by atoms with E-state index in [0.717, 1.165) is 5.69 Å². The molecule has 0 aliphatic carbocycles. The van der Waals surface area contributed by atoms with Gasteiger partial charge in [-0.1, -0.05) is 18.2 Å². The zero-order valence-electron chi connectivity index (χ0n) is 9.19. The molecular weight excluding hydrogens is 216 g/mol. The van der Waals surface area contributed by atoms with Crippen molar-refractivity contribution < 1.29 is 9.90 Å². The number of hydrogen-bond donors (Lipinski definition) is 2. The molecule has 0 atom stereocenters. The second-order valence-electron chi connectivity index (χ2n) is 3.70. The Morgan fingerprint density at radius 1 is 1.41 bits per heavy atom. The van der Waals surface area contributed by atoms with Crippen LogP contribution >= 0.6 is 0 Å². The number of aryl methyl sites for hydroxylation is 1. The molecule has 0 aliphatic rings. The van der Waals surface area contributed by atoms with Crippen LogP contribution in [0.2, 0.25) is 0 Å². The first kappa shape index (κ1) is 11.0. The lowest BCUT2D eigenvalue weighted by Gasteiger charge is -2.02. The lowest BCUT2D eigenvalue weighted by molar-refractivity contribution is 0.0698. The number of carbonyl (C=O) groups is 1. The standard InChI is InChI=1S/C13H10N2O2/c1-8-6-11(13(16)17)12(15-8)10-5-3-2-4-9(10)7-14/h2-6,15H,1H3,(H,16,17). The Morgan fingerprint density at radius 3 is 2.76 bits per heavy atom. The maximum absolute atomic E-state index is 11.1. The number of carboxylic acid groups (broad SMARTS) is 1. The summed E-state index contributed by atoms with van der Waals surface area (Å²) in [6.07, 6.45) is 0. The summed E-state index contributed by atoms with van der Waals surface area (Å²) in [5.41, 5.74) is 2.49. The van der Waals surface area contributed by atoms with Gasteiger partial charge in [-0.2, -0.15) is 5.26 Å². The fourth-order valence-electron chi connectivity index (χ4n) is 1.77. The van der Waals surface area contributed by atoms with Gasteiger partial charge in [0.2, 0.25) is 0 Å². The predicted molar refractivity (Wildman–Crippen MR) is 62.6 cm³/mol. The van der Waals surface area contributed by atoms with E-state index in [9.17, 15) is 4.79 Å². The summed E-state index contributed by atoms with van der Waals surface area (Å²) in [5.74, 6) is -1.00. The van der Waals surface area contributed by atoms with Crippen LogP contribution < -0.4 is 0 Å². The second-order valence-corrected chi connectivity index (χ2v) is 3.70. The van der Waals surface area contributed by atoms with Crippen molar-refractivity contribution in [2.24, 2.45) is 0 Å². The minimum Gasteiger partial charge on any atom is -0.478 e. The summed E-state index contributed by atoms with van der Waals surface area (Å²) in [5, 5.41) is 18.1. The fraction of sp³-hybridized carbons (Fsp3) is 0.0769. The van der Waals surface area contributed by atoms with Gasteiger partial charge in [-0.25, -0.2) is 4.79 Å². The number of carboxylic acids is 1. The number of aromatic carboxylic acids is 1. The van der Waals surface area contributed by atoms with Crippen molar-refractivity contribution in [3.05, 3.63) is 47.2 Å². The van der Waals surface area contributed by atoms with Crippen LogP contribution in [-0.2, 0) is 0 Å². The lowest BCUT2D eigenvalue weighted by Crippen LogP contribution is -1.97. The number of benzene rings is 1. The molecule has 0 aliphatic heterocycles. The first-order chi connectivity index (χ1) is 8.13. The van der Waals surface area contributed by atoms with E-state index in [1.807, 2.05) is 0 Å². The number of H-pyrrole nitrogens is 1. The number of aromatic nitrogens is 1. The topological polar surface area (TPSA) is 76.9 Å². The van der Waals surface area contributed by atoms with Gasteiger partial charge in [0.05, 0.1) is 22.9 Å². The number of nitrogens with one attached hydrogen (secondary N) is 1. The molecule has 4 nitrogen and oxygen atoms in total. The normalized spacial score (nSPS) is 9.88. The molecule has 0 spiro atoms. The van der Waals surface area contributed by atoms with Crippen LogP contribution in [0.5, 0.6) is 0 Å². The maximum atomic E-state index is 11.1. The van der Waals surface area contributed by atoms with E-state index in [2.05, 4.69) is 11.1 Å². The summed E-state index contributed by atoms with van der Waals surface area (Å²) in [6.45, 7) is 1.78. The van der Waals surface area contributed by atoms with Crippen molar-refractivity contribution in [1.82, 2.24) is 4.98 Å². The highest BCUT2D eigenvalue weighted by Gasteiger charge is 2.16. The van der Waals surface area contributed by atoms with Gasteiger partial charge in [-0.15, -0.1) is 0 Å². The highest BCUT2D eigenvalue weighted by molar-refractivity contribution is 5.96. The Labute approximate surface area is 98.1 Å². The van der Waals surface area contributed by atoms with Crippen molar-refractivity contribution in [1.29, 1.82) is 5.26 Å². The smallest absolute Gasteiger partial charge is 0.337 e. The highest BCUT2D eigenvalue weighted by atomic mass is 16.4. The monoisotopic (exact) mass is 226 g/mol. The molecule has 0 amide bonds. The summed E-state index contributed by atoms with van der Waals surface area (Å²) in [6, 6.07) is 10.5. The molecule has 0 saturated heterocycles. The van der Waals surface area contributed by atoms with Crippen LogP contribution in [0.4, 0.5) is 0 Å². The summed E-state index contributed by atoms with van der Waals surface area (Å²) in [7, 11) is 0.